The molecule has 1 saturated heterocycles. The van der Waals surface area contributed by atoms with Crippen LogP contribution in [0.25, 0.3) is 0 Å². The van der Waals surface area contributed by atoms with Gasteiger partial charge >= 0.3 is 0 Å². The Kier molecular flexibility index (Phi) is 5.04. The van der Waals surface area contributed by atoms with Gasteiger partial charge in [0.15, 0.2) is 6.29 Å². The van der Waals surface area contributed by atoms with Crippen molar-refractivity contribution in [2.75, 3.05) is 6.61 Å². The highest BCUT2D eigenvalue weighted by atomic mass is 35.5. The lowest BCUT2D eigenvalue weighted by atomic mass is 9.95. The smallest absolute Gasteiger partial charge is 0.184 e. The van der Waals surface area contributed by atoms with Gasteiger partial charge in [-0.2, -0.15) is 0 Å². The molecule has 2 nitrogen and oxygen atoms in total. The fourth-order valence-corrected chi connectivity index (χ4v) is 2.52. The average Bonchev–Trinajstić information content (AvgIpc) is 2.40. The predicted molar refractivity (Wildman–Crippen MR) is 73.7 cm³/mol. The van der Waals surface area contributed by atoms with Gasteiger partial charge in [-0.25, -0.2) is 0 Å². The second-order valence-corrected chi connectivity index (χ2v) is 5.28. The molecule has 18 heavy (non-hydrogen) atoms. The molecule has 0 aromatic heterocycles. The highest BCUT2D eigenvalue weighted by molar-refractivity contribution is 6.30. The summed E-state index contributed by atoms with van der Waals surface area (Å²) in [6.07, 6.45) is 3.44. The van der Waals surface area contributed by atoms with Crippen molar-refractivity contribution in [1.82, 2.24) is 0 Å². The van der Waals surface area contributed by atoms with Crippen molar-refractivity contribution in [2.24, 2.45) is 5.92 Å². The standard InChI is InChI=1S/C15H21ClO2/c1-3-5-14-11(4-2)10-17-15(18-14)12-6-8-13(16)9-7-12/h6-9,11,14-15H,3-5,10H2,1-2H3. The maximum Gasteiger partial charge on any atom is 0.184 e. The Morgan fingerprint density at radius 2 is 1.94 bits per heavy atom. The van der Waals surface area contributed by atoms with Crippen molar-refractivity contribution in [3.63, 3.8) is 0 Å². The molecule has 1 aromatic rings. The van der Waals surface area contributed by atoms with E-state index in [1.165, 1.54) is 0 Å². The van der Waals surface area contributed by atoms with Crippen molar-refractivity contribution in [2.45, 2.75) is 45.5 Å². The van der Waals surface area contributed by atoms with Crippen LogP contribution >= 0.6 is 11.6 Å². The SMILES string of the molecule is CCCC1OC(c2ccc(Cl)cc2)OCC1CC. The molecule has 1 heterocycles. The van der Waals surface area contributed by atoms with Crippen LogP contribution in [0.5, 0.6) is 0 Å². The minimum absolute atomic E-state index is 0.235. The number of benzene rings is 1. The molecule has 0 N–H and O–H groups in total. The minimum Gasteiger partial charge on any atom is -0.348 e. The summed E-state index contributed by atoms with van der Waals surface area (Å²) in [7, 11) is 0. The van der Waals surface area contributed by atoms with E-state index in [0.29, 0.717) is 12.0 Å². The van der Waals surface area contributed by atoms with Gasteiger partial charge in [-0.15, -0.1) is 0 Å². The van der Waals surface area contributed by atoms with E-state index in [0.717, 1.165) is 36.5 Å². The molecule has 2 rings (SSSR count). The van der Waals surface area contributed by atoms with Crippen LogP contribution in [0.4, 0.5) is 0 Å². The predicted octanol–water partition coefficient (Wildman–Crippen LogP) is 4.58. The van der Waals surface area contributed by atoms with Crippen LogP contribution < -0.4 is 0 Å². The highest BCUT2D eigenvalue weighted by Crippen LogP contribution is 2.32. The fraction of sp³-hybridized carbons (Fsp3) is 0.600. The Labute approximate surface area is 114 Å². The monoisotopic (exact) mass is 268 g/mol. The summed E-state index contributed by atoms with van der Waals surface area (Å²) in [4.78, 5) is 0. The number of halogens is 1. The molecule has 1 fully saturated rings. The van der Waals surface area contributed by atoms with E-state index >= 15 is 0 Å². The lowest BCUT2D eigenvalue weighted by Gasteiger charge is -2.36. The third-order valence-corrected chi connectivity index (χ3v) is 3.78. The van der Waals surface area contributed by atoms with Crippen molar-refractivity contribution in [3.05, 3.63) is 34.9 Å². The van der Waals surface area contributed by atoms with Crippen LogP contribution in [0.3, 0.4) is 0 Å². The van der Waals surface area contributed by atoms with E-state index in [9.17, 15) is 0 Å². The van der Waals surface area contributed by atoms with Crippen molar-refractivity contribution < 1.29 is 9.47 Å². The molecule has 1 aliphatic heterocycles. The first-order valence-electron chi connectivity index (χ1n) is 6.77. The molecule has 1 aliphatic rings. The molecule has 0 spiro atoms. The zero-order valence-electron chi connectivity index (χ0n) is 11.1. The van der Waals surface area contributed by atoms with Gasteiger partial charge in [0, 0.05) is 16.5 Å². The average molecular weight is 269 g/mol. The van der Waals surface area contributed by atoms with Gasteiger partial charge in [0.05, 0.1) is 12.7 Å². The maximum atomic E-state index is 6.09. The summed E-state index contributed by atoms with van der Waals surface area (Å²) in [5.74, 6) is 0.522. The second-order valence-electron chi connectivity index (χ2n) is 4.85. The Morgan fingerprint density at radius 3 is 2.56 bits per heavy atom. The molecule has 3 heteroatoms. The summed E-state index contributed by atoms with van der Waals surface area (Å²) in [5.41, 5.74) is 1.05. The molecule has 3 unspecified atom stereocenters. The quantitative estimate of drug-likeness (QED) is 0.796. The number of hydrogen-bond acceptors (Lipinski definition) is 2. The summed E-state index contributed by atoms with van der Waals surface area (Å²) in [6.45, 7) is 5.18. The first kappa shape index (κ1) is 13.9. The first-order valence-corrected chi connectivity index (χ1v) is 7.15. The zero-order valence-corrected chi connectivity index (χ0v) is 11.8. The largest absolute Gasteiger partial charge is 0.348 e. The summed E-state index contributed by atoms with van der Waals surface area (Å²) >= 11 is 5.89. The van der Waals surface area contributed by atoms with Crippen LogP contribution in [-0.2, 0) is 9.47 Å². The molecule has 1 aromatic carbocycles. The van der Waals surface area contributed by atoms with Crippen LogP contribution in [0.1, 0.15) is 45.0 Å². The van der Waals surface area contributed by atoms with E-state index < -0.39 is 0 Å². The van der Waals surface area contributed by atoms with E-state index in [1.54, 1.807) is 0 Å². The van der Waals surface area contributed by atoms with Crippen LogP contribution in [0.2, 0.25) is 5.02 Å². The first-order chi connectivity index (χ1) is 8.74. The Balaban J connectivity index is 2.05. The lowest BCUT2D eigenvalue weighted by Crippen LogP contribution is -2.35. The van der Waals surface area contributed by atoms with Crippen LogP contribution in [0, 0.1) is 5.92 Å². The van der Waals surface area contributed by atoms with E-state index in [4.69, 9.17) is 21.1 Å². The topological polar surface area (TPSA) is 18.5 Å². The summed E-state index contributed by atoms with van der Waals surface area (Å²) in [5, 5.41) is 0.742. The molecule has 3 atom stereocenters. The molecular weight excluding hydrogens is 248 g/mol. The Bertz CT molecular complexity index is 363. The number of hydrogen-bond donors (Lipinski definition) is 0. The number of ether oxygens (including phenoxy) is 2. The zero-order chi connectivity index (χ0) is 13.0. The van der Waals surface area contributed by atoms with Gasteiger partial charge in [0.2, 0.25) is 0 Å². The normalized spacial score (nSPS) is 28.3. The molecular formula is C15H21ClO2. The Hall–Kier alpha value is -0.570. The van der Waals surface area contributed by atoms with Gasteiger partial charge < -0.3 is 9.47 Å². The fourth-order valence-electron chi connectivity index (χ4n) is 2.39. The third-order valence-electron chi connectivity index (χ3n) is 3.53. The van der Waals surface area contributed by atoms with Gasteiger partial charge in [-0.05, 0) is 25.0 Å². The van der Waals surface area contributed by atoms with Crippen molar-refractivity contribution in [3.8, 4) is 0 Å². The maximum absolute atomic E-state index is 6.09. The van der Waals surface area contributed by atoms with Gasteiger partial charge in [0.1, 0.15) is 0 Å². The molecule has 0 saturated carbocycles. The second kappa shape index (κ2) is 6.55. The minimum atomic E-state index is -0.235. The van der Waals surface area contributed by atoms with Crippen LogP contribution in [-0.4, -0.2) is 12.7 Å². The molecule has 0 amide bonds. The van der Waals surface area contributed by atoms with E-state index in [1.807, 2.05) is 24.3 Å². The third kappa shape index (κ3) is 3.25. The summed E-state index contributed by atoms with van der Waals surface area (Å²) in [6, 6.07) is 7.71. The van der Waals surface area contributed by atoms with E-state index in [-0.39, 0.29) is 6.29 Å². The molecule has 0 bridgehead atoms. The number of rotatable bonds is 4. The highest BCUT2D eigenvalue weighted by Gasteiger charge is 2.30. The van der Waals surface area contributed by atoms with E-state index in [2.05, 4.69) is 13.8 Å². The van der Waals surface area contributed by atoms with Crippen LogP contribution in [0.15, 0.2) is 24.3 Å². The molecule has 100 valence electrons. The molecule has 0 aliphatic carbocycles. The van der Waals surface area contributed by atoms with Crippen molar-refractivity contribution in [1.29, 1.82) is 0 Å². The van der Waals surface area contributed by atoms with Crippen molar-refractivity contribution >= 4 is 11.6 Å². The molecule has 0 radical (unpaired) electrons. The van der Waals surface area contributed by atoms with Gasteiger partial charge in [0.25, 0.3) is 0 Å². The Morgan fingerprint density at radius 1 is 1.22 bits per heavy atom. The van der Waals surface area contributed by atoms with Gasteiger partial charge in [-0.1, -0.05) is 44.0 Å². The van der Waals surface area contributed by atoms with Gasteiger partial charge in [-0.3, -0.25) is 0 Å². The lowest BCUT2D eigenvalue weighted by molar-refractivity contribution is -0.243. The summed E-state index contributed by atoms with van der Waals surface area (Å²) < 4.78 is 11.9.